The highest BCUT2D eigenvalue weighted by Gasteiger charge is 2.44. The van der Waals surface area contributed by atoms with Crippen LogP contribution in [0.4, 0.5) is 0 Å². The summed E-state index contributed by atoms with van der Waals surface area (Å²) in [5.41, 5.74) is 1.26. The first-order valence-corrected chi connectivity index (χ1v) is 9.68. The van der Waals surface area contributed by atoms with Crippen LogP contribution < -0.4 is 0 Å². The molecule has 3 fully saturated rings. The Morgan fingerprint density at radius 3 is 3.04 bits per heavy atom. The van der Waals surface area contributed by atoms with Gasteiger partial charge in [0.2, 0.25) is 5.91 Å². The molecule has 3 heterocycles. The van der Waals surface area contributed by atoms with Crippen molar-refractivity contribution in [3.63, 3.8) is 0 Å². The predicted octanol–water partition coefficient (Wildman–Crippen LogP) is 2.18. The number of pyridine rings is 1. The third-order valence-corrected chi connectivity index (χ3v) is 6.37. The Morgan fingerprint density at radius 2 is 2.28 bits per heavy atom. The Balaban J connectivity index is 1.41. The van der Waals surface area contributed by atoms with Gasteiger partial charge in [0.15, 0.2) is 0 Å². The largest absolute Gasteiger partial charge is 0.381 e. The number of nitrogens with zero attached hydrogens (tertiary/aromatic N) is 3. The molecule has 1 amide bonds. The number of likely N-dealkylation sites (tertiary alicyclic amines) is 1. The molecule has 0 aromatic carbocycles. The van der Waals surface area contributed by atoms with Crippen LogP contribution in [-0.2, 0) is 16.1 Å². The molecule has 5 heteroatoms. The summed E-state index contributed by atoms with van der Waals surface area (Å²) in [6.07, 6.45) is 8.47. The Hall–Kier alpha value is -1.46. The maximum absolute atomic E-state index is 12.8. The third kappa shape index (κ3) is 3.58. The SMILES string of the molecule is CN(Cc1cccnc1)C1CCC[C@@H]2CN(C(=O)C3CCOC3)C[C@H]12. The van der Waals surface area contributed by atoms with E-state index in [0.29, 0.717) is 30.4 Å². The van der Waals surface area contributed by atoms with Crippen molar-refractivity contribution >= 4 is 5.91 Å². The van der Waals surface area contributed by atoms with E-state index in [9.17, 15) is 4.79 Å². The molecule has 136 valence electrons. The van der Waals surface area contributed by atoms with Gasteiger partial charge in [0.05, 0.1) is 12.5 Å². The second-order valence-corrected chi connectivity index (χ2v) is 8.00. The molecule has 4 atom stereocenters. The summed E-state index contributed by atoms with van der Waals surface area (Å²) in [5.74, 6) is 1.72. The molecule has 2 unspecified atom stereocenters. The number of carbonyl (C=O) groups excluding carboxylic acids is 1. The van der Waals surface area contributed by atoms with E-state index < -0.39 is 0 Å². The van der Waals surface area contributed by atoms with Gasteiger partial charge in [0, 0.05) is 44.7 Å². The van der Waals surface area contributed by atoms with Gasteiger partial charge in [-0.05, 0) is 49.8 Å². The van der Waals surface area contributed by atoms with Gasteiger partial charge in [0.1, 0.15) is 0 Å². The predicted molar refractivity (Wildman–Crippen MR) is 95.8 cm³/mol. The summed E-state index contributed by atoms with van der Waals surface area (Å²) >= 11 is 0. The molecule has 4 rings (SSSR count). The maximum atomic E-state index is 12.8. The second-order valence-electron chi connectivity index (χ2n) is 8.00. The average molecular weight is 343 g/mol. The molecule has 5 nitrogen and oxygen atoms in total. The zero-order valence-electron chi connectivity index (χ0n) is 15.1. The first-order valence-electron chi connectivity index (χ1n) is 9.68. The van der Waals surface area contributed by atoms with Crippen molar-refractivity contribution in [1.29, 1.82) is 0 Å². The smallest absolute Gasteiger partial charge is 0.228 e. The molecule has 2 aliphatic heterocycles. The fourth-order valence-corrected chi connectivity index (χ4v) is 5.05. The molecule has 0 radical (unpaired) electrons. The minimum absolute atomic E-state index is 0.103. The minimum atomic E-state index is 0.103. The van der Waals surface area contributed by atoms with Gasteiger partial charge in [-0.1, -0.05) is 12.5 Å². The summed E-state index contributed by atoms with van der Waals surface area (Å²) < 4.78 is 5.42. The van der Waals surface area contributed by atoms with Crippen molar-refractivity contribution in [3.8, 4) is 0 Å². The molecule has 3 aliphatic rings. The lowest BCUT2D eigenvalue weighted by Crippen LogP contribution is -2.43. The number of rotatable bonds is 4. The fourth-order valence-electron chi connectivity index (χ4n) is 5.05. The maximum Gasteiger partial charge on any atom is 0.228 e. The van der Waals surface area contributed by atoms with E-state index >= 15 is 0 Å². The van der Waals surface area contributed by atoms with E-state index in [1.54, 1.807) is 0 Å². The highest BCUT2D eigenvalue weighted by molar-refractivity contribution is 5.79. The fraction of sp³-hybridized carbons (Fsp3) is 0.700. The van der Waals surface area contributed by atoms with E-state index in [-0.39, 0.29) is 5.92 Å². The minimum Gasteiger partial charge on any atom is -0.381 e. The average Bonchev–Trinajstić information content (AvgIpc) is 3.31. The monoisotopic (exact) mass is 343 g/mol. The second kappa shape index (κ2) is 7.42. The van der Waals surface area contributed by atoms with Gasteiger partial charge in [-0.3, -0.25) is 14.7 Å². The Bertz CT molecular complexity index is 588. The lowest BCUT2D eigenvalue weighted by atomic mass is 9.77. The number of hydrogen-bond acceptors (Lipinski definition) is 4. The lowest BCUT2D eigenvalue weighted by Gasteiger charge is -2.39. The van der Waals surface area contributed by atoms with Crippen LogP contribution in [0.2, 0.25) is 0 Å². The summed E-state index contributed by atoms with van der Waals surface area (Å²) in [6.45, 7) is 4.19. The van der Waals surface area contributed by atoms with Crippen molar-refractivity contribution in [2.75, 3.05) is 33.4 Å². The normalized spacial score (nSPS) is 32.2. The molecule has 1 aromatic heterocycles. The number of hydrogen-bond donors (Lipinski definition) is 0. The molecule has 1 aromatic rings. The standard InChI is InChI=1S/C20H29N3O2/c1-22(11-15-4-3-8-21-10-15)19-6-2-5-16-12-23(13-18(16)19)20(24)17-7-9-25-14-17/h3-4,8,10,16-19H,2,5-7,9,11-14H2,1H3/t16-,17?,18+,19?/m1/s1. The zero-order valence-corrected chi connectivity index (χ0v) is 15.1. The molecular weight excluding hydrogens is 314 g/mol. The molecule has 0 bridgehead atoms. The number of ether oxygens (including phenoxy) is 1. The molecule has 1 aliphatic carbocycles. The molecule has 0 N–H and O–H groups in total. The molecule has 1 saturated carbocycles. The van der Waals surface area contributed by atoms with Crippen LogP contribution in [0.25, 0.3) is 0 Å². The van der Waals surface area contributed by atoms with Gasteiger partial charge in [-0.15, -0.1) is 0 Å². The summed E-state index contributed by atoms with van der Waals surface area (Å²) in [5, 5.41) is 0. The highest BCUT2D eigenvalue weighted by Crippen LogP contribution is 2.39. The van der Waals surface area contributed by atoms with Gasteiger partial charge in [0.25, 0.3) is 0 Å². The Morgan fingerprint density at radius 1 is 1.36 bits per heavy atom. The molecule has 25 heavy (non-hydrogen) atoms. The quantitative estimate of drug-likeness (QED) is 0.841. The lowest BCUT2D eigenvalue weighted by molar-refractivity contribution is -0.134. The Kier molecular flexibility index (Phi) is 5.04. The van der Waals surface area contributed by atoms with Crippen molar-refractivity contribution in [2.45, 2.75) is 38.3 Å². The van der Waals surface area contributed by atoms with Crippen LogP contribution in [0.15, 0.2) is 24.5 Å². The van der Waals surface area contributed by atoms with Crippen molar-refractivity contribution < 1.29 is 9.53 Å². The van der Waals surface area contributed by atoms with E-state index in [1.165, 1.54) is 24.8 Å². The summed E-state index contributed by atoms with van der Waals surface area (Å²) in [7, 11) is 2.23. The van der Waals surface area contributed by atoms with Crippen LogP contribution >= 0.6 is 0 Å². The van der Waals surface area contributed by atoms with E-state index in [0.717, 1.165) is 32.7 Å². The Labute approximate surface area is 150 Å². The number of amides is 1. The van der Waals surface area contributed by atoms with Gasteiger partial charge in [-0.2, -0.15) is 0 Å². The van der Waals surface area contributed by atoms with Crippen LogP contribution in [0.3, 0.4) is 0 Å². The summed E-state index contributed by atoms with van der Waals surface area (Å²) in [4.78, 5) is 21.7. The van der Waals surface area contributed by atoms with Crippen LogP contribution in [-0.4, -0.2) is 60.1 Å². The van der Waals surface area contributed by atoms with Gasteiger partial charge >= 0.3 is 0 Å². The number of carbonyl (C=O) groups is 1. The van der Waals surface area contributed by atoms with E-state index in [4.69, 9.17) is 4.74 Å². The van der Waals surface area contributed by atoms with E-state index in [2.05, 4.69) is 27.9 Å². The van der Waals surface area contributed by atoms with Crippen molar-refractivity contribution in [3.05, 3.63) is 30.1 Å². The van der Waals surface area contributed by atoms with Crippen molar-refractivity contribution in [1.82, 2.24) is 14.8 Å². The molecule has 0 spiro atoms. The molecule has 2 saturated heterocycles. The van der Waals surface area contributed by atoms with Crippen LogP contribution in [0, 0.1) is 17.8 Å². The molecular formula is C20H29N3O2. The van der Waals surface area contributed by atoms with Gasteiger partial charge in [-0.25, -0.2) is 0 Å². The van der Waals surface area contributed by atoms with E-state index in [1.807, 2.05) is 18.5 Å². The topological polar surface area (TPSA) is 45.7 Å². The summed E-state index contributed by atoms with van der Waals surface area (Å²) in [6, 6.07) is 4.72. The highest BCUT2D eigenvalue weighted by atomic mass is 16.5. The number of fused-ring (bicyclic) bond motifs is 1. The van der Waals surface area contributed by atoms with Crippen LogP contribution in [0.5, 0.6) is 0 Å². The van der Waals surface area contributed by atoms with Crippen LogP contribution in [0.1, 0.15) is 31.2 Å². The van der Waals surface area contributed by atoms with Gasteiger partial charge < -0.3 is 9.64 Å². The first-order chi connectivity index (χ1) is 12.2. The first kappa shape index (κ1) is 17.0. The number of aromatic nitrogens is 1. The third-order valence-electron chi connectivity index (χ3n) is 6.37. The van der Waals surface area contributed by atoms with Crippen molar-refractivity contribution in [2.24, 2.45) is 17.8 Å². The zero-order chi connectivity index (χ0) is 17.2.